The third-order valence-corrected chi connectivity index (χ3v) is 3.19. The fourth-order valence-electron chi connectivity index (χ4n) is 2.30. The number of benzene rings is 1. The molecule has 1 aromatic carbocycles. The van der Waals surface area contributed by atoms with Gasteiger partial charge in [-0.1, -0.05) is 12.1 Å². The van der Waals surface area contributed by atoms with Crippen molar-refractivity contribution in [1.29, 1.82) is 5.26 Å². The van der Waals surface area contributed by atoms with E-state index in [0.29, 0.717) is 18.7 Å². The van der Waals surface area contributed by atoms with Crippen molar-refractivity contribution in [2.75, 3.05) is 13.1 Å². The standard InChI is InChI=1S/C16H18N2O2/c1-12-10-18(11-13(2)20-12)16(19)8-7-14-3-5-15(9-17)6-4-14/h3-8,12-13H,10-11H2,1-2H3/b8-7+/t12-,13-/m0/s1. The molecule has 1 aromatic rings. The zero-order valence-corrected chi connectivity index (χ0v) is 11.7. The van der Waals surface area contributed by atoms with Gasteiger partial charge in [0.05, 0.1) is 23.8 Å². The average molecular weight is 270 g/mol. The van der Waals surface area contributed by atoms with Gasteiger partial charge in [0, 0.05) is 19.2 Å². The van der Waals surface area contributed by atoms with Crippen LogP contribution in [0.1, 0.15) is 25.0 Å². The van der Waals surface area contributed by atoms with Gasteiger partial charge in [-0.3, -0.25) is 4.79 Å². The molecule has 0 spiro atoms. The summed E-state index contributed by atoms with van der Waals surface area (Å²) in [5.41, 5.74) is 1.52. The van der Waals surface area contributed by atoms with E-state index < -0.39 is 0 Å². The Morgan fingerprint density at radius 2 is 1.90 bits per heavy atom. The molecule has 0 bridgehead atoms. The highest BCUT2D eigenvalue weighted by atomic mass is 16.5. The first-order valence-electron chi connectivity index (χ1n) is 6.71. The number of amides is 1. The van der Waals surface area contributed by atoms with Gasteiger partial charge in [0.2, 0.25) is 5.91 Å². The van der Waals surface area contributed by atoms with Crippen LogP contribution in [0.5, 0.6) is 0 Å². The zero-order chi connectivity index (χ0) is 14.5. The molecule has 1 aliphatic heterocycles. The van der Waals surface area contributed by atoms with E-state index in [4.69, 9.17) is 10.00 Å². The van der Waals surface area contributed by atoms with Gasteiger partial charge in [-0.25, -0.2) is 0 Å². The van der Waals surface area contributed by atoms with Crippen LogP contribution in [0.15, 0.2) is 30.3 Å². The van der Waals surface area contributed by atoms with Crippen LogP contribution in [0.2, 0.25) is 0 Å². The quantitative estimate of drug-likeness (QED) is 0.774. The highest BCUT2D eigenvalue weighted by molar-refractivity contribution is 5.91. The normalized spacial score (nSPS) is 22.8. The van der Waals surface area contributed by atoms with E-state index in [1.165, 1.54) is 0 Å². The minimum absolute atomic E-state index is 0.00337. The van der Waals surface area contributed by atoms with Crippen LogP contribution in [0.4, 0.5) is 0 Å². The number of hydrogen-bond acceptors (Lipinski definition) is 3. The molecule has 4 heteroatoms. The van der Waals surface area contributed by atoms with Gasteiger partial charge in [-0.05, 0) is 37.6 Å². The lowest BCUT2D eigenvalue weighted by Crippen LogP contribution is -2.47. The monoisotopic (exact) mass is 270 g/mol. The summed E-state index contributed by atoms with van der Waals surface area (Å²) in [4.78, 5) is 13.9. The molecule has 1 saturated heterocycles. The highest BCUT2D eigenvalue weighted by Crippen LogP contribution is 2.12. The van der Waals surface area contributed by atoms with E-state index in [-0.39, 0.29) is 18.1 Å². The van der Waals surface area contributed by atoms with Crippen LogP contribution >= 0.6 is 0 Å². The topological polar surface area (TPSA) is 53.3 Å². The van der Waals surface area contributed by atoms with E-state index >= 15 is 0 Å². The number of morpholine rings is 1. The number of carbonyl (C=O) groups is 1. The van der Waals surface area contributed by atoms with Gasteiger partial charge in [0.1, 0.15) is 0 Å². The van der Waals surface area contributed by atoms with Crippen LogP contribution in [-0.2, 0) is 9.53 Å². The number of ether oxygens (including phenoxy) is 1. The van der Waals surface area contributed by atoms with Gasteiger partial charge < -0.3 is 9.64 Å². The molecule has 2 rings (SSSR count). The summed E-state index contributed by atoms with van der Waals surface area (Å²) < 4.78 is 5.61. The smallest absolute Gasteiger partial charge is 0.246 e. The van der Waals surface area contributed by atoms with Crippen molar-refractivity contribution in [3.05, 3.63) is 41.5 Å². The molecule has 2 atom stereocenters. The summed E-state index contributed by atoms with van der Waals surface area (Å²) >= 11 is 0. The molecule has 20 heavy (non-hydrogen) atoms. The first kappa shape index (κ1) is 14.3. The molecule has 0 N–H and O–H groups in total. The zero-order valence-electron chi connectivity index (χ0n) is 11.7. The fourth-order valence-corrected chi connectivity index (χ4v) is 2.30. The predicted molar refractivity (Wildman–Crippen MR) is 76.8 cm³/mol. The van der Waals surface area contributed by atoms with Crippen LogP contribution in [0, 0.1) is 11.3 Å². The molecule has 0 saturated carbocycles. The number of nitriles is 1. The maximum absolute atomic E-state index is 12.1. The SMILES string of the molecule is C[C@H]1CN(C(=O)/C=C/c2ccc(C#N)cc2)C[C@H](C)O1. The van der Waals surface area contributed by atoms with Crippen molar-refractivity contribution >= 4 is 12.0 Å². The maximum atomic E-state index is 12.1. The van der Waals surface area contributed by atoms with E-state index in [1.54, 1.807) is 29.2 Å². The van der Waals surface area contributed by atoms with Crippen molar-refractivity contribution in [2.45, 2.75) is 26.1 Å². The van der Waals surface area contributed by atoms with Gasteiger partial charge >= 0.3 is 0 Å². The van der Waals surface area contributed by atoms with Gasteiger partial charge in [-0.2, -0.15) is 5.26 Å². The molecule has 1 amide bonds. The van der Waals surface area contributed by atoms with E-state index in [1.807, 2.05) is 26.0 Å². The summed E-state index contributed by atoms with van der Waals surface area (Å²) in [6.07, 6.45) is 3.50. The van der Waals surface area contributed by atoms with Gasteiger partial charge in [0.15, 0.2) is 0 Å². The summed E-state index contributed by atoms with van der Waals surface area (Å²) in [7, 11) is 0. The number of carbonyl (C=O) groups excluding carboxylic acids is 1. The van der Waals surface area contributed by atoms with Crippen molar-refractivity contribution in [3.63, 3.8) is 0 Å². The minimum Gasteiger partial charge on any atom is -0.372 e. The first-order valence-corrected chi connectivity index (χ1v) is 6.71. The third kappa shape index (κ3) is 3.69. The van der Waals surface area contributed by atoms with E-state index in [2.05, 4.69) is 6.07 Å². The second-order valence-electron chi connectivity index (χ2n) is 5.07. The second-order valence-corrected chi connectivity index (χ2v) is 5.07. The van der Waals surface area contributed by atoms with E-state index in [0.717, 1.165) is 5.56 Å². The molecule has 4 nitrogen and oxygen atoms in total. The summed E-state index contributed by atoms with van der Waals surface area (Å²) in [5, 5.41) is 8.73. The molecular weight excluding hydrogens is 252 g/mol. The number of hydrogen-bond donors (Lipinski definition) is 0. The van der Waals surface area contributed by atoms with Crippen LogP contribution in [0.25, 0.3) is 6.08 Å². The molecular formula is C16H18N2O2. The van der Waals surface area contributed by atoms with Crippen LogP contribution in [-0.4, -0.2) is 36.1 Å². The first-order chi connectivity index (χ1) is 9.58. The Morgan fingerprint density at radius 1 is 1.30 bits per heavy atom. The van der Waals surface area contributed by atoms with Gasteiger partial charge in [0.25, 0.3) is 0 Å². The summed E-state index contributed by atoms with van der Waals surface area (Å²) in [6.45, 7) is 5.20. The summed E-state index contributed by atoms with van der Waals surface area (Å²) in [6, 6.07) is 9.20. The molecule has 0 radical (unpaired) electrons. The molecule has 104 valence electrons. The fraction of sp³-hybridized carbons (Fsp3) is 0.375. The molecule has 0 unspecified atom stereocenters. The Kier molecular flexibility index (Phi) is 4.54. The van der Waals surface area contributed by atoms with Crippen molar-refractivity contribution in [2.24, 2.45) is 0 Å². The van der Waals surface area contributed by atoms with E-state index in [9.17, 15) is 4.79 Å². The van der Waals surface area contributed by atoms with Crippen molar-refractivity contribution in [3.8, 4) is 6.07 Å². The minimum atomic E-state index is -0.00337. The average Bonchev–Trinajstić information content (AvgIpc) is 2.44. The predicted octanol–water partition coefficient (Wildman–Crippen LogP) is 2.21. The number of nitrogens with zero attached hydrogens (tertiary/aromatic N) is 2. The Morgan fingerprint density at radius 3 is 2.45 bits per heavy atom. The largest absolute Gasteiger partial charge is 0.372 e. The Balaban J connectivity index is 1.99. The Bertz CT molecular complexity index is 533. The molecule has 1 fully saturated rings. The number of rotatable bonds is 2. The lowest BCUT2D eigenvalue weighted by molar-refractivity contribution is -0.137. The maximum Gasteiger partial charge on any atom is 0.246 e. The lowest BCUT2D eigenvalue weighted by Gasteiger charge is -2.34. The van der Waals surface area contributed by atoms with Crippen LogP contribution in [0.3, 0.4) is 0 Å². The third-order valence-electron chi connectivity index (χ3n) is 3.19. The molecule has 1 aliphatic rings. The van der Waals surface area contributed by atoms with Crippen LogP contribution < -0.4 is 0 Å². The molecule has 0 aromatic heterocycles. The second kappa shape index (κ2) is 6.36. The molecule has 0 aliphatic carbocycles. The highest BCUT2D eigenvalue weighted by Gasteiger charge is 2.24. The van der Waals surface area contributed by atoms with Crippen molar-refractivity contribution in [1.82, 2.24) is 4.90 Å². The summed E-state index contributed by atoms with van der Waals surface area (Å²) in [5.74, 6) is -0.00337. The molecule has 1 heterocycles. The Hall–Kier alpha value is -2.12. The van der Waals surface area contributed by atoms with Crippen molar-refractivity contribution < 1.29 is 9.53 Å². The Labute approximate surface area is 119 Å². The lowest BCUT2D eigenvalue weighted by atomic mass is 10.1. The van der Waals surface area contributed by atoms with Gasteiger partial charge in [-0.15, -0.1) is 0 Å².